The molecule has 1 amide bonds. The van der Waals surface area contributed by atoms with Crippen LogP contribution in [0.4, 0.5) is 10.8 Å². The molecule has 1 saturated heterocycles. The lowest BCUT2D eigenvalue weighted by molar-refractivity contribution is -0.138. The van der Waals surface area contributed by atoms with E-state index >= 15 is 0 Å². The summed E-state index contributed by atoms with van der Waals surface area (Å²) in [6.07, 6.45) is 3.41. The zero-order chi connectivity index (χ0) is 26.2. The van der Waals surface area contributed by atoms with Crippen molar-refractivity contribution in [3.05, 3.63) is 71.3 Å². The molecule has 0 spiro atoms. The topological polar surface area (TPSA) is 108 Å². The number of rotatable bonds is 7. The van der Waals surface area contributed by atoms with Gasteiger partial charge in [-0.15, -0.1) is 11.3 Å². The summed E-state index contributed by atoms with van der Waals surface area (Å²) in [5.74, 6) is -0.0779. The summed E-state index contributed by atoms with van der Waals surface area (Å²) in [5, 5.41) is 13.7. The monoisotopic (exact) mass is 565 g/mol. The summed E-state index contributed by atoms with van der Waals surface area (Å²) in [7, 11) is -3.74. The van der Waals surface area contributed by atoms with E-state index in [1.165, 1.54) is 17.5 Å². The highest BCUT2D eigenvalue weighted by Gasteiger charge is 2.33. The zero-order valence-corrected chi connectivity index (χ0v) is 22.4. The van der Waals surface area contributed by atoms with Gasteiger partial charge in [0, 0.05) is 52.4 Å². The van der Waals surface area contributed by atoms with Gasteiger partial charge in [0.25, 0.3) is 10.0 Å². The van der Waals surface area contributed by atoms with E-state index in [2.05, 4.69) is 9.71 Å². The van der Waals surface area contributed by atoms with Gasteiger partial charge in [0.15, 0.2) is 5.13 Å². The van der Waals surface area contributed by atoms with Crippen molar-refractivity contribution in [1.29, 1.82) is 0 Å². The fraction of sp³-hybridized carbons (Fsp3) is 0.280. The van der Waals surface area contributed by atoms with Crippen molar-refractivity contribution >= 4 is 60.6 Å². The van der Waals surface area contributed by atoms with E-state index in [-0.39, 0.29) is 21.7 Å². The molecule has 2 aromatic heterocycles. The molecule has 9 nitrogen and oxygen atoms in total. The maximum atomic E-state index is 13.5. The average Bonchev–Trinajstić information content (AvgIpc) is 3.57. The number of hydrogen-bond donors (Lipinski definition) is 2. The van der Waals surface area contributed by atoms with Gasteiger partial charge in [-0.3, -0.25) is 9.52 Å². The molecular weight excluding hydrogens is 534 g/mol. The molecule has 0 saturated carbocycles. The van der Waals surface area contributed by atoms with Gasteiger partial charge in [0.2, 0.25) is 5.91 Å². The molecule has 1 fully saturated rings. The van der Waals surface area contributed by atoms with Crippen LogP contribution in [-0.2, 0) is 14.8 Å². The molecule has 1 aliphatic rings. The minimum atomic E-state index is -3.74. The normalized spacial score (nSPS) is 17.2. The van der Waals surface area contributed by atoms with E-state index in [1.807, 2.05) is 46.9 Å². The number of carbonyl (C=O) groups excluding carboxylic acids is 1. The third-order valence-electron chi connectivity index (χ3n) is 6.60. The van der Waals surface area contributed by atoms with Crippen LogP contribution < -0.4 is 9.62 Å². The minimum absolute atomic E-state index is 0. The van der Waals surface area contributed by atoms with Crippen LogP contribution >= 0.6 is 22.9 Å². The van der Waals surface area contributed by atoms with E-state index in [4.69, 9.17) is 11.6 Å². The van der Waals surface area contributed by atoms with E-state index in [0.29, 0.717) is 29.8 Å². The summed E-state index contributed by atoms with van der Waals surface area (Å²) in [5.41, 5.74) is 1.70. The Morgan fingerprint density at radius 3 is 2.73 bits per heavy atom. The number of fused-ring (bicyclic) bond motifs is 1. The lowest BCUT2D eigenvalue weighted by Gasteiger charge is -2.42. The number of thiazole rings is 1. The highest BCUT2D eigenvalue weighted by molar-refractivity contribution is 7.93. The lowest BCUT2D eigenvalue weighted by Crippen LogP contribution is -2.57. The molecule has 0 radical (unpaired) electrons. The third kappa shape index (κ3) is 5.17. The van der Waals surface area contributed by atoms with Crippen LogP contribution in [0.15, 0.2) is 71.2 Å². The van der Waals surface area contributed by atoms with Gasteiger partial charge in [0.05, 0.1) is 23.1 Å². The Kier molecular flexibility index (Phi) is 7.13. The van der Waals surface area contributed by atoms with Crippen molar-refractivity contribution < 1.29 is 22.6 Å². The Labute approximate surface area is 228 Å². The Morgan fingerprint density at radius 2 is 2.03 bits per heavy atom. The molecule has 3 heterocycles. The summed E-state index contributed by atoms with van der Waals surface area (Å²) < 4.78 is 29.6. The average molecular weight is 566 g/mol. The first kappa shape index (κ1) is 25.5. The second kappa shape index (κ2) is 10.3. The van der Waals surface area contributed by atoms with Crippen molar-refractivity contribution in [3.8, 4) is 0 Å². The molecule has 0 unspecified atom stereocenters. The van der Waals surface area contributed by atoms with Gasteiger partial charge in [-0.05, 0) is 54.8 Å². The van der Waals surface area contributed by atoms with Gasteiger partial charge in [0.1, 0.15) is 6.04 Å². The fourth-order valence-electron chi connectivity index (χ4n) is 4.64. The number of aromatic nitrogens is 2. The second-order valence-corrected chi connectivity index (χ2v) is 11.9. The van der Waals surface area contributed by atoms with E-state index < -0.39 is 22.1 Å². The van der Waals surface area contributed by atoms with Crippen LogP contribution in [0, 0.1) is 0 Å². The number of anilines is 2. The van der Waals surface area contributed by atoms with Crippen molar-refractivity contribution in [3.63, 3.8) is 0 Å². The molecule has 200 valence electrons. The predicted octanol–water partition coefficient (Wildman–Crippen LogP) is 4.56. The second-order valence-electron chi connectivity index (χ2n) is 8.85. The number of nitrogens with zero attached hydrogens (tertiary/aromatic N) is 4. The number of nitrogens with one attached hydrogen (secondary N) is 1. The third-order valence-corrected chi connectivity index (χ3v) is 9.01. The van der Waals surface area contributed by atoms with Gasteiger partial charge in [-0.2, -0.15) is 0 Å². The number of aliphatic hydroxyl groups excluding tert-OH is 1. The number of hydrogen-bond acceptors (Lipinski definition) is 7. The SMILES string of the molecule is C[C@@H](C(=O)N1CCN(c2ccc(S(=O)(=O)Nc3nccs3)cc2)C[C@@H]1CO)n1ccc2ccc(Cl)cc21.[HH].[HH].[HH]. The van der Waals surface area contributed by atoms with Crippen molar-refractivity contribution in [2.75, 3.05) is 35.9 Å². The fourth-order valence-corrected chi connectivity index (χ4v) is 6.59. The Balaban J connectivity index is 0.00000187. The molecule has 4 aromatic rings. The van der Waals surface area contributed by atoms with Crippen LogP contribution in [-0.4, -0.2) is 66.2 Å². The molecule has 0 aliphatic carbocycles. The predicted molar refractivity (Wildman–Crippen MR) is 152 cm³/mol. The number of piperazine rings is 1. The number of amides is 1. The first-order valence-corrected chi connectivity index (χ1v) is 14.5. The summed E-state index contributed by atoms with van der Waals surface area (Å²) in [6, 6.07) is 13.2. The number of benzene rings is 2. The largest absolute Gasteiger partial charge is 0.394 e. The summed E-state index contributed by atoms with van der Waals surface area (Å²) in [4.78, 5) is 21.4. The van der Waals surface area contributed by atoms with Gasteiger partial charge >= 0.3 is 0 Å². The highest BCUT2D eigenvalue weighted by atomic mass is 35.5. The van der Waals surface area contributed by atoms with Gasteiger partial charge in [-0.1, -0.05) is 17.7 Å². The highest BCUT2D eigenvalue weighted by Crippen LogP contribution is 2.27. The van der Waals surface area contributed by atoms with E-state index in [0.717, 1.165) is 16.6 Å². The lowest BCUT2D eigenvalue weighted by atomic mass is 10.1. The number of carbonyl (C=O) groups is 1. The Hall–Kier alpha value is -3.12. The van der Waals surface area contributed by atoms with Gasteiger partial charge < -0.3 is 19.5 Å². The van der Waals surface area contributed by atoms with Crippen molar-refractivity contribution in [2.45, 2.75) is 23.9 Å². The summed E-state index contributed by atoms with van der Waals surface area (Å²) in [6.45, 7) is 3.08. The first-order valence-electron chi connectivity index (χ1n) is 11.7. The first-order chi connectivity index (χ1) is 17.8. The quantitative estimate of drug-likeness (QED) is 0.340. The van der Waals surface area contributed by atoms with Crippen molar-refractivity contribution in [2.24, 2.45) is 0 Å². The van der Waals surface area contributed by atoms with Crippen LogP contribution in [0.25, 0.3) is 10.9 Å². The molecular formula is C25H32ClN5O4S2. The van der Waals surface area contributed by atoms with E-state index in [1.54, 1.807) is 34.5 Å². The van der Waals surface area contributed by atoms with Crippen LogP contribution in [0.2, 0.25) is 5.02 Å². The molecule has 2 aromatic carbocycles. The Morgan fingerprint density at radius 1 is 1.24 bits per heavy atom. The smallest absolute Gasteiger partial charge is 0.263 e. The van der Waals surface area contributed by atoms with Crippen LogP contribution in [0.3, 0.4) is 0 Å². The van der Waals surface area contributed by atoms with Gasteiger partial charge in [-0.25, -0.2) is 13.4 Å². The molecule has 2 atom stereocenters. The van der Waals surface area contributed by atoms with Crippen LogP contribution in [0.1, 0.15) is 17.2 Å². The zero-order valence-electron chi connectivity index (χ0n) is 20.0. The molecule has 5 rings (SSSR count). The molecule has 37 heavy (non-hydrogen) atoms. The van der Waals surface area contributed by atoms with E-state index in [9.17, 15) is 18.3 Å². The minimum Gasteiger partial charge on any atom is -0.394 e. The maximum absolute atomic E-state index is 13.5. The number of aliphatic hydroxyl groups is 1. The van der Waals surface area contributed by atoms with Crippen molar-refractivity contribution in [1.82, 2.24) is 14.5 Å². The number of sulfonamides is 1. The molecule has 0 bridgehead atoms. The number of halogens is 1. The van der Waals surface area contributed by atoms with Crippen LogP contribution in [0.5, 0.6) is 0 Å². The molecule has 12 heteroatoms. The molecule has 1 aliphatic heterocycles. The standard InChI is InChI=1S/C25H26ClN5O4S2.3H2/c1-17(30-10-8-18-2-3-19(26)14-23(18)30)24(33)31-12-11-29(15-21(31)16-32)20-4-6-22(7-5-20)37(34,35)28-25-27-9-13-36-25;;;/h2-10,13-14,17,21,32H,11-12,15-16H2,1H3,(H,27,28);3*1H/t17-,21+;;;/m0.../s1. The Bertz CT molecular complexity index is 1520. The summed E-state index contributed by atoms with van der Waals surface area (Å²) >= 11 is 7.38. The molecule has 2 N–H and O–H groups in total. The maximum Gasteiger partial charge on any atom is 0.263 e.